The number of ether oxygens (including phenoxy) is 1. The average Bonchev–Trinajstić information content (AvgIpc) is 2.34. The number of alkyl carbamates (subject to hydrolysis) is 1. The molecule has 5 nitrogen and oxygen atoms in total. The first-order valence-electron chi connectivity index (χ1n) is 6.47. The smallest absolute Gasteiger partial charge is 0.407 e. The van der Waals surface area contributed by atoms with Crippen molar-refractivity contribution in [2.45, 2.75) is 58.1 Å². The first-order valence-corrected chi connectivity index (χ1v) is 6.47. The molecule has 3 atom stereocenters. The molecule has 18 heavy (non-hydrogen) atoms. The van der Waals surface area contributed by atoms with E-state index in [1.807, 2.05) is 20.8 Å². The van der Waals surface area contributed by atoms with Crippen LogP contribution in [-0.2, 0) is 9.53 Å². The highest BCUT2D eigenvalue weighted by molar-refractivity contribution is 5.77. The van der Waals surface area contributed by atoms with Crippen molar-refractivity contribution in [1.82, 2.24) is 5.32 Å². The van der Waals surface area contributed by atoms with Crippen LogP contribution in [0.3, 0.4) is 0 Å². The summed E-state index contributed by atoms with van der Waals surface area (Å²) in [7, 11) is 0. The van der Waals surface area contributed by atoms with Gasteiger partial charge in [0.2, 0.25) is 0 Å². The van der Waals surface area contributed by atoms with Gasteiger partial charge < -0.3 is 15.2 Å². The number of hydrogen-bond acceptors (Lipinski definition) is 3. The molecular weight excluding hydrogens is 234 g/mol. The first-order chi connectivity index (χ1) is 8.24. The maximum absolute atomic E-state index is 11.7. The van der Waals surface area contributed by atoms with Crippen molar-refractivity contribution < 1.29 is 19.4 Å². The molecule has 2 rings (SSSR count). The van der Waals surface area contributed by atoms with E-state index < -0.39 is 23.1 Å². The van der Waals surface area contributed by atoms with Gasteiger partial charge in [-0.3, -0.25) is 4.79 Å². The van der Waals surface area contributed by atoms with E-state index in [4.69, 9.17) is 4.74 Å². The zero-order valence-electron chi connectivity index (χ0n) is 11.2. The molecule has 5 heteroatoms. The van der Waals surface area contributed by atoms with E-state index in [1.165, 1.54) is 0 Å². The highest BCUT2D eigenvalue weighted by atomic mass is 16.6. The number of rotatable bonds is 2. The fraction of sp³-hybridized carbons (Fsp3) is 0.846. The molecule has 0 aromatic carbocycles. The number of carbonyl (C=O) groups is 2. The second-order valence-electron chi connectivity index (χ2n) is 6.40. The molecule has 2 aliphatic rings. The molecule has 2 aliphatic carbocycles. The number of nitrogens with one attached hydrogen (secondary N) is 1. The third kappa shape index (κ3) is 2.18. The van der Waals surface area contributed by atoms with Gasteiger partial charge in [0.25, 0.3) is 0 Å². The van der Waals surface area contributed by atoms with Gasteiger partial charge in [-0.05, 0) is 52.4 Å². The summed E-state index contributed by atoms with van der Waals surface area (Å²) in [5.74, 6) is -0.644. The van der Waals surface area contributed by atoms with Crippen molar-refractivity contribution >= 4 is 12.1 Å². The van der Waals surface area contributed by atoms with Crippen molar-refractivity contribution in [1.29, 1.82) is 0 Å². The molecule has 0 radical (unpaired) electrons. The fourth-order valence-electron chi connectivity index (χ4n) is 3.17. The van der Waals surface area contributed by atoms with Crippen LogP contribution in [0.25, 0.3) is 0 Å². The van der Waals surface area contributed by atoms with Gasteiger partial charge in [0.15, 0.2) is 0 Å². The summed E-state index contributed by atoms with van der Waals surface area (Å²) in [6.07, 6.45) is 2.57. The summed E-state index contributed by atoms with van der Waals surface area (Å²) in [6, 6.07) is -0.0512. The van der Waals surface area contributed by atoms with Gasteiger partial charge in [-0.15, -0.1) is 0 Å². The van der Waals surface area contributed by atoms with Gasteiger partial charge in [-0.1, -0.05) is 0 Å². The van der Waals surface area contributed by atoms with Gasteiger partial charge in [-0.25, -0.2) is 4.79 Å². The Hall–Kier alpha value is -1.26. The molecular formula is C13H21NO4. The van der Waals surface area contributed by atoms with Gasteiger partial charge in [-0.2, -0.15) is 0 Å². The van der Waals surface area contributed by atoms with Crippen LogP contribution in [0.5, 0.6) is 0 Å². The lowest BCUT2D eigenvalue weighted by Gasteiger charge is -2.43. The molecule has 0 aliphatic heterocycles. The minimum Gasteiger partial charge on any atom is -0.481 e. The Labute approximate surface area is 107 Å². The third-order valence-electron chi connectivity index (χ3n) is 4.13. The number of carbonyl (C=O) groups excluding carboxylic acids is 1. The zero-order valence-corrected chi connectivity index (χ0v) is 11.2. The summed E-state index contributed by atoms with van der Waals surface area (Å²) in [4.78, 5) is 23.0. The van der Waals surface area contributed by atoms with E-state index in [1.54, 1.807) is 0 Å². The molecule has 0 heterocycles. The second-order valence-corrected chi connectivity index (χ2v) is 6.40. The maximum atomic E-state index is 11.7. The maximum Gasteiger partial charge on any atom is 0.407 e. The van der Waals surface area contributed by atoms with Crippen LogP contribution >= 0.6 is 0 Å². The van der Waals surface area contributed by atoms with E-state index >= 15 is 0 Å². The van der Waals surface area contributed by atoms with Crippen molar-refractivity contribution in [3.63, 3.8) is 0 Å². The molecule has 2 N–H and O–H groups in total. The number of amides is 1. The normalized spacial score (nSPS) is 34.4. The molecule has 0 unspecified atom stereocenters. The number of carboxylic acid groups (broad SMARTS) is 1. The Bertz CT molecular complexity index is 374. The fourth-order valence-corrected chi connectivity index (χ4v) is 3.17. The summed E-state index contributed by atoms with van der Waals surface area (Å²) in [5, 5.41) is 12.1. The zero-order chi connectivity index (χ0) is 13.6. The van der Waals surface area contributed by atoms with Crippen LogP contribution in [0.1, 0.15) is 46.5 Å². The average molecular weight is 255 g/mol. The van der Waals surface area contributed by atoms with Crippen molar-refractivity contribution in [3.05, 3.63) is 0 Å². The van der Waals surface area contributed by atoms with Crippen LogP contribution < -0.4 is 5.32 Å². The quantitative estimate of drug-likeness (QED) is 0.792. The lowest BCUT2D eigenvalue weighted by Crippen LogP contribution is -2.51. The standard InChI is InChI=1S/C13H21NO4/c1-12(2,3)18-11(17)14-9-5-7-13(10(15)16)6-4-8(9)13/h8-9H,4-7H2,1-3H3,(H,14,17)(H,15,16)/t8-,9+,13-/m1/s1. The van der Waals surface area contributed by atoms with E-state index in [0.29, 0.717) is 6.42 Å². The Balaban J connectivity index is 1.93. The lowest BCUT2D eigenvalue weighted by atomic mass is 9.61. The predicted molar refractivity (Wildman–Crippen MR) is 65.2 cm³/mol. The van der Waals surface area contributed by atoms with Gasteiger partial charge in [0.1, 0.15) is 5.60 Å². The Morgan fingerprint density at radius 2 is 1.89 bits per heavy atom. The third-order valence-corrected chi connectivity index (χ3v) is 4.13. The molecule has 0 spiro atoms. The molecule has 102 valence electrons. The van der Waals surface area contributed by atoms with E-state index in [2.05, 4.69) is 5.32 Å². The first kappa shape index (κ1) is 13.2. The van der Waals surface area contributed by atoms with Crippen LogP contribution in [0, 0.1) is 11.3 Å². The van der Waals surface area contributed by atoms with Crippen molar-refractivity contribution in [2.75, 3.05) is 0 Å². The molecule has 0 aromatic rings. The lowest BCUT2D eigenvalue weighted by molar-refractivity contribution is -0.159. The molecule has 0 aromatic heterocycles. The summed E-state index contributed by atoms with van der Waals surface area (Å²) >= 11 is 0. The Kier molecular flexibility index (Phi) is 3.03. The number of aliphatic carboxylic acids is 1. The highest BCUT2D eigenvalue weighted by Gasteiger charge is 2.60. The van der Waals surface area contributed by atoms with E-state index in [-0.39, 0.29) is 12.0 Å². The summed E-state index contributed by atoms with van der Waals surface area (Å²) in [5.41, 5.74) is -1.11. The molecule has 2 fully saturated rings. The Morgan fingerprint density at radius 1 is 1.28 bits per heavy atom. The monoisotopic (exact) mass is 255 g/mol. The van der Waals surface area contributed by atoms with Crippen LogP contribution in [0.4, 0.5) is 4.79 Å². The summed E-state index contributed by atoms with van der Waals surface area (Å²) < 4.78 is 5.20. The minimum atomic E-state index is -0.716. The van der Waals surface area contributed by atoms with Crippen LogP contribution in [-0.4, -0.2) is 28.8 Å². The molecule has 1 amide bonds. The topological polar surface area (TPSA) is 75.6 Å². The predicted octanol–water partition coefficient (Wildman–Crippen LogP) is 2.15. The van der Waals surface area contributed by atoms with E-state index in [9.17, 15) is 14.7 Å². The van der Waals surface area contributed by atoms with Crippen molar-refractivity contribution in [2.24, 2.45) is 11.3 Å². The number of carboxylic acids is 1. The number of fused-ring (bicyclic) bond motifs is 1. The van der Waals surface area contributed by atoms with Crippen LogP contribution in [0.2, 0.25) is 0 Å². The molecule has 0 saturated heterocycles. The van der Waals surface area contributed by atoms with Crippen LogP contribution in [0.15, 0.2) is 0 Å². The van der Waals surface area contributed by atoms with Gasteiger partial charge in [0.05, 0.1) is 5.41 Å². The Morgan fingerprint density at radius 3 is 2.28 bits per heavy atom. The van der Waals surface area contributed by atoms with E-state index in [0.717, 1.165) is 19.3 Å². The molecule has 0 bridgehead atoms. The summed E-state index contributed by atoms with van der Waals surface area (Å²) in [6.45, 7) is 5.43. The van der Waals surface area contributed by atoms with Crippen molar-refractivity contribution in [3.8, 4) is 0 Å². The number of hydrogen-bond donors (Lipinski definition) is 2. The van der Waals surface area contributed by atoms with Gasteiger partial charge in [0, 0.05) is 6.04 Å². The largest absolute Gasteiger partial charge is 0.481 e. The SMILES string of the molecule is CC(C)(C)OC(=O)N[C@H]1CC[C@]2(C(=O)O)CC[C@H]12. The second kappa shape index (κ2) is 4.14. The minimum absolute atomic E-state index is 0.0512. The molecule has 2 saturated carbocycles. The van der Waals surface area contributed by atoms with Gasteiger partial charge >= 0.3 is 12.1 Å². The highest BCUT2D eigenvalue weighted by Crippen LogP contribution is 2.57.